The summed E-state index contributed by atoms with van der Waals surface area (Å²) in [6.07, 6.45) is 0.224. The number of carbonyl (C=O) groups excluding carboxylic acids is 1. The minimum Gasteiger partial charge on any atom is -0.392 e. The Bertz CT molecular complexity index is 679. The second-order valence-corrected chi connectivity index (χ2v) is 7.20. The van der Waals surface area contributed by atoms with Crippen LogP contribution in [0.2, 0.25) is 0 Å². The van der Waals surface area contributed by atoms with Crippen LogP contribution in [0.3, 0.4) is 0 Å². The molecule has 0 aliphatic carbocycles. The van der Waals surface area contributed by atoms with Crippen LogP contribution in [0, 0.1) is 0 Å². The fourth-order valence-electron chi connectivity index (χ4n) is 2.11. The standard InChI is InChI=1S/C19H26F2N2O3S/c1-3-15(18(21)11-14(2)20)12-22-19(25)10-9-16(24)13-23-27(26)17-7-5-4-6-8-17/h3-8,11,14,16,23-24H,9-10,12-13H2,1-2H3,(H,22,25)/b15-3-,18-11+. The summed E-state index contributed by atoms with van der Waals surface area (Å²) in [5, 5.41) is 12.4. The van der Waals surface area contributed by atoms with Crippen molar-refractivity contribution in [3.63, 3.8) is 0 Å². The first-order valence-corrected chi connectivity index (χ1v) is 9.80. The Balaban J connectivity index is 2.32. The molecule has 0 saturated carbocycles. The Hall–Kier alpha value is -1.90. The lowest BCUT2D eigenvalue weighted by molar-refractivity contribution is -0.121. The molecule has 1 amide bonds. The summed E-state index contributed by atoms with van der Waals surface area (Å²) in [4.78, 5) is 12.4. The molecule has 150 valence electrons. The van der Waals surface area contributed by atoms with Crippen molar-refractivity contribution in [1.29, 1.82) is 0 Å². The average molecular weight is 400 g/mol. The van der Waals surface area contributed by atoms with Crippen molar-refractivity contribution >= 4 is 16.9 Å². The molecule has 8 heteroatoms. The van der Waals surface area contributed by atoms with Crippen molar-refractivity contribution in [1.82, 2.24) is 10.0 Å². The van der Waals surface area contributed by atoms with E-state index in [0.717, 1.165) is 6.08 Å². The molecule has 0 spiro atoms. The van der Waals surface area contributed by atoms with Crippen molar-refractivity contribution in [2.24, 2.45) is 0 Å². The maximum atomic E-state index is 13.7. The number of alkyl halides is 1. The number of nitrogens with one attached hydrogen (secondary N) is 2. The molecule has 0 saturated heterocycles. The van der Waals surface area contributed by atoms with Crippen LogP contribution in [0.4, 0.5) is 8.78 Å². The van der Waals surface area contributed by atoms with Crippen LogP contribution < -0.4 is 10.0 Å². The zero-order valence-corrected chi connectivity index (χ0v) is 16.3. The summed E-state index contributed by atoms with van der Waals surface area (Å²) in [6, 6.07) is 8.76. The number of hydrogen-bond acceptors (Lipinski definition) is 3. The molecule has 0 aliphatic heterocycles. The largest absolute Gasteiger partial charge is 0.392 e. The second kappa shape index (κ2) is 12.5. The summed E-state index contributed by atoms with van der Waals surface area (Å²) in [6.45, 7) is 2.82. The van der Waals surface area contributed by atoms with E-state index in [2.05, 4.69) is 10.0 Å². The van der Waals surface area contributed by atoms with Gasteiger partial charge in [-0.25, -0.2) is 17.7 Å². The van der Waals surface area contributed by atoms with Gasteiger partial charge in [-0.1, -0.05) is 24.3 Å². The van der Waals surface area contributed by atoms with Gasteiger partial charge in [0.05, 0.1) is 11.0 Å². The zero-order valence-electron chi connectivity index (χ0n) is 15.5. The number of allylic oxidation sites excluding steroid dienone is 2. The molecule has 3 unspecified atom stereocenters. The van der Waals surface area contributed by atoms with Gasteiger partial charge in [0.1, 0.15) is 23.0 Å². The van der Waals surface area contributed by atoms with E-state index in [-0.39, 0.29) is 37.4 Å². The first kappa shape index (κ1) is 23.1. The summed E-state index contributed by atoms with van der Waals surface area (Å²) < 4.78 is 41.2. The van der Waals surface area contributed by atoms with E-state index >= 15 is 0 Å². The van der Waals surface area contributed by atoms with Gasteiger partial charge >= 0.3 is 0 Å². The van der Waals surface area contributed by atoms with Crippen LogP contribution in [0.25, 0.3) is 0 Å². The van der Waals surface area contributed by atoms with Crippen LogP contribution in [-0.4, -0.2) is 40.6 Å². The Kier molecular flexibility index (Phi) is 10.7. The van der Waals surface area contributed by atoms with Gasteiger partial charge in [0.15, 0.2) is 0 Å². The van der Waals surface area contributed by atoms with E-state index in [1.807, 2.05) is 6.07 Å². The highest BCUT2D eigenvalue weighted by molar-refractivity contribution is 7.83. The molecule has 5 nitrogen and oxygen atoms in total. The van der Waals surface area contributed by atoms with E-state index < -0.39 is 29.1 Å². The molecule has 3 atom stereocenters. The highest BCUT2D eigenvalue weighted by Gasteiger charge is 2.12. The van der Waals surface area contributed by atoms with E-state index in [1.165, 1.54) is 13.0 Å². The first-order chi connectivity index (χ1) is 12.8. The van der Waals surface area contributed by atoms with Gasteiger partial charge in [-0.05, 0) is 38.5 Å². The number of aliphatic hydroxyl groups is 1. The number of benzene rings is 1. The number of hydrogen-bond donors (Lipinski definition) is 3. The molecule has 0 heterocycles. The van der Waals surface area contributed by atoms with E-state index in [1.54, 1.807) is 31.2 Å². The van der Waals surface area contributed by atoms with Crippen molar-refractivity contribution in [3.8, 4) is 0 Å². The third-order valence-corrected chi connectivity index (χ3v) is 4.75. The summed E-state index contributed by atoms with van der Waals surface area (Å²) in [7, 11) is -1.44. The molecule has 0 aromatic heterocycles. The van der Waals surface area contributed by atoms with Crippen molar-refractivity contribution in [2.75, 3.05) is 13.1 Å². The third-order valence-electron chi connectivity index (χ3n) is 3.62. The highest BCUT2D eigenvalue weighted by atomic mass is 32.2. The number of halogens is 2. The van der Waals surface area contributed by atoms with Crippen LogP contribution in [-0.2, 0) is 15.8 Å². The molecule has 0 bridgehead atoms. The van der Waals surface area contributed by atoms with Gasteiger partial charge in [-0.2, -0.15) is 0 Å². The molecule has 0 radical (unpaired) electrons. The Morgan fingerprint density at radius 2 is 2.00 bits per heavy atom. The Morgan fingerprint density at radius 3 is 2.59 bits per heavy atom. The van der Waals surface area contributed by atoms with Gasteiger partial charge in [0.25, 0.3) is 0 Å². The zero-order chi connectivity index (χ0) is 20.2. The molecule has 0 fully saturated rings. The summed E-state index contributed by atoms with van der Waals surface area (Å²) in [5.41, 5.74) is 0.188. The number of carbonyl (C=O) groups is 1. The minimum atomic E-state index is -1.44. The molecular formula is C19H26F2N2O3S. The minimum absolute atomic E-state index is 0.0304. The van der Waals surface area contributed by atoms with E-state index in [4.69, 9.17) is 0 Å². The van der Waals surface area contributed by atoms with Gasteiger partial charge in [0.2, 0.25) is 5.91 Å². The second-order valence-electron chi connectivity index (χ2n) is 5.91. The van der Waals surface area contributed by atoms with Crippen LogP contribution in [0.5, 0.6) is 0 Å². The quantitative estimate of drug-likeness (QED) is 0.500. The number of aliphatic hydroxyl groups excluding tert-OH is 1. The SMILES string of the molecule is C/C=C(CNC(=O)CCC(O)CNS(=O)c1ccccc1)\C(F)=C/C(C)F. The average Bonchev–Trinajstić information content (AvgIpc) is 2.65. The van der Waals surface area contributed by atoms with Gasteiger partial charge < -0.3 is 10.4 Å². The normalized spacial score (nSPS) is 15.9. The first-order valence-electron chi connectivity index (χ1n) is 8.65. The van der Waals surface area contributed by atoms with Crippen molar-refractivity contribution in [3.05, 3.63) is 53.9 Å². The Morgan fingerprint density at radius 1 is 1.33 bits per heavy atom. The molecule has 1 aromatic rings. The van der Waals surface area contributed by atoms with Gasteiger partial charge in [-0.3, -0.25) is 4.79 Å². The molecule has 3 N–H and O–H groups in total. The highest BCUT2D eigenvalue weighted by Crippen LogP contribution is 2.13. The molecule has 1 aromatic carbocycles. The predicted molar refractivity (Wildman–Crippen MR) is 103 cm³/mol. The molecule has 27 heavy (non-hydrogen) atoms. The van der Waals surface area contributed by atoms with E-state index in [0.29, 0.717) is 4.90 Å². The predicted octanol–water partition coefficient (Wildman–Crippen LogP) is 2.71. The van der Waals surface area contributed by atoms with Crippen LogP contribution in [0.15, 0.2) is 58.8 Å². The maximum absolute atomic E-state index is 13.7. The van der Waals surface area contributed by atoms with E-state index in [9.17, 15) is 22.9 Å². The number of amides is 1. The van der Waals surface area contributed by atoms with Gasteiger partial charge in [0, 0.05) is 25.1 Å². The van der Waals surface area contributed by atoms with Crippen LogP contribution >= 0.6 is 0 Å². The maximum Gasteiger partial charge on any atom is 0.220 e. The van der Waals surface area contributed by atoms with Crippen molar-refractivity contribution in [2.45, 2.75) is 43.9 Å². The lowest BCUT2D eigenvalue weighted by Crippen LogP contribution is -2.31. The lowest BCUT2D eigenvalue weighted by atomic mass is 10.1. The molecule has 0 aliphatic rings. The molecule has 1 rings (SSSR count). The fourth-order valence-corrected chi connectivity index (χ4v) is 3.03. The monoisotopic (exact) mass is 400 g/mol. The number of rotatable bonds is 11. The van der Waals surface area contributed by atoms with Crippen LogP contribution in [0.1, 0.15) is 26.7 Å². The summed E-state index contributed by atoms with van der Waals surface area (Å²) in [5.74, 6) is -1.07. The van der Waals surface area contributed by atoms with Crippen molar-refractivity contribution < 1.29 is 22.9 Å². The fraction of sp³-hybridized carbons (Fsp3) is 0.421. The Labute approximate surface area is 161 Å². The third kappa shape index (κ3) is 9.55. The smallest absolute Gasteiger partial charge is 0.220 e. The molecular weight excluding hydrogens is 374 g/mol. The van der Waals surface area contributed by atoms with Gasteiger partial charge in [-0.15, -0.1) is 0 Å². The summed E-state index contributed by atoms with van der Waals surface area (Å²) >= 11 is 0. The topological polar surface area (TPSA) is 78.4 Å². The lowest BCUT2D eigenvalue weighted by Gasteiger charge is -2.12.